The van der Waals surface area contributed by atoms with Crippen LogP contribution < -0.4 is 10.7 Å². The van der Waals surface area contributed by atoms with E-state index in [4.69, 9.17) is 0 Å². The standard InChI is InChI=1S/C18H18FN3O2/c1-13-5-4-7-15(11-13)21-17(23)9-10-18(24)22-20-12-14-6-2-3-8-16(14)19/h2-8,11-12H,9-10H2,1H3,(H,21,23)(H,22,24)/b20-12+. The van der Waals surface area contributed by atoms with Crippen molar-refractivity contribution in [2.75, 3.05) is 5.32 Å². The van der Waals surface area contributed by atoms with Crippen molar-refractivity contribution in [1.29, 1.82) is 0 Å². The average Bonchev–Trinajstić information content (AvgIpc) is 2.55. The second-order valence-electron chi connectivity index (χ2n) is 5.23. The third kappa shape index (κ3) is 5.64. The molecule has 0 bridgehead atoms. The second-order valence-corrected chi connectivity index (χ2v) is 5.23. The quantitative estimate of drug-likeness (QED) is 0.632. The van der Waals surface area contributed by atoms with Crippen molar-refractivity contribution >= 4 is 23.7 Å². The topological polar surface area (TPSA) is 70.6 Å². The third-order valence-corrected chi connectivity index (χ3v) is 3.18. The first kappa shape index (κ1) is 17.3. The lowest BCUT2D eigenvalue weighted by molar-refractivity contribution is -0.124. The first-order valence-electron chi connectivity index (χ1n) is 7.47. The molecule has 0 saturated heterocycles. The zero-order valence-electron chi connectivity index (χ0n) is 13.3. The Kier molecular flexibility index (Phi) is 6.19. The first-order chi connectivity index (χ1) is 11.5. The molecule has 2 aromatic rings. The fraction of sp³-hybridized carbons (Fsp3) is 0.167. The zero-order valence-corrected chi connectivity index (χ0v) is 13.3. The zero-order chi connectivity index (χ0) is 17.4. The van der Waals surface area contributed by atoms with Crippen LogP contribution in [0.4, 0.5) is 10.1 Å². The van der Waals surface area contributed by atoms with Crippen LogP contribution in [0.15, 0.2) is 53.6 Å². The molecule has 0 aliphatic carbocycles. The van der Waals surface area contributed by atoms with E-state index >= 15 is 0 Å². The van der Waals surface area contributed by atoms with Gasteiger partial charge in [0, 0.05) is 24.1 Å². The Morgan fingerprint density at radius 3 is 2.58 bits per heavy atom. The molecule has 0 aliphatic heterocycles. The van der Waals surface area contributed by atoms with Gasteiger partial charge in [-0.25, -0.2) is 9.82 Å². The number of nitrogens with zero attached hydrogens (tertiary/aromatic N) is 1. The van der Waals surface area contributed by atoms with Crippen LogP contribution in [-0.2, 0) is 9.59 Å². The molecule has 0 spiro atoms. The van der Waals surface area contributed by atoms with Gasteiger partial charge in [-0.1, -0.05) is 30.3 Å². The Morgan fingerprint density at radius 1 is 1.08 bits per heavy atom. The van der Waals surface area contributed by atoms with E-state index in [1.54, 1.807) is 24.3 Å². The van der Waals surface area contributed by atoms with Crippen LogP contribution in [0, 0.1) is 12.7 Å². The molecule has 2 rings (SSSR count). The SMILES string of the molecule is Cc1cccc(NC(=O)CCC(=O)N/N=C/c2ccccc2F)c1. The normalized spacial score (nSPS) is 10.6. The summed E-state index contributed by atoms with van der Waals surface area (Å²) < 4.78 is 13.3. The highest BCUT2D eigenvalue weighted by Gasteiger charge is 2.07. The largest absolute Gasteiger partial charge is 0.326 e. The molecule has 124 valence electrons. The summed E-state index contributed by atoms with van der Waals surface area (Å²) in [5, 5.41) is 6.40. The molecular weight excluding hydrogens is 309 g/mol. The summed E-state index contributed by atoms with van der Waals surface area (Å²) in [5.74, 6) is -1.09. The minimum atomic E-state index is -0.423. The maximum Gasteiger partial charge on any atom is 0.240 e. The molecular formula is C18H18FN3O2. The number of carbonyl (C=O) groups is 2. The summed E-state index contributed by atoms with van der Waals surface area (Å²) in [4.78, 5) is 23.4. The van der Waals surface area contributed by atoms with E-state index in [1.165, 1.54) is 12.3 Å². The summed E-state index contributed by atoms with van der Waals surface area (Å²) in [6.07, 6.45) is 1.25. The highest BCUT2D eigenvalue weighted by atomic mass is 19.1. The molecule has 0 fully saturated rings. The Bertz CT molecular complexity index is 759. The molecule has 5 nitrogen and oxygen atoms in total. The number of nitrogens with one attached hydrogen (secondary N) is 2. The predicted molar refractivity (Wildman–Crippen MR) is 91.2 cm³/mol. The van der Waals surface area contributed by atoms with E-state index in [1.807, 2.05) is 25.1 Å². The van der Waals surface area contributed by atoms with Crippen molar-refractivity contribution in [2.24, 2.45) is 5.10 Å². The van der Waals surface area contributed by atoms with Crippen LogP contribution >= 0.6 is 0 Å². The fourth-order valence-electron chi connectivity index (χ4n) is 1.98. The number of hydrazone groups is 1. The molecule has 0 radical (unpaired) electrons. The smallest absolute Gasteiger partial charge is 0.240 e. The summed E-state index contributed by atoms with van der Waals surface area (Å²) in [7, 11) is 0. The van der Waals surface area contributed by atoms with Gasteiger partial charge in [-0.2, -0.15) is 5.10 Å². The number of amides is 2. The van der Waals surface area contributed by atoms with Crippen LogP contribution in [0.2, 0.25) is 0 Å². The monoisotopic (exact) mass is 327 g/mol. The number of aryl methyl sites for hydroxylation is 1. The minimum absolute atomic E-state index is 0.00768. The third-order valence-electron chi connectivity index (χ3n) is 3.18. The number of hydrogen-bond acceptors (Lipinski definition) is 3. The number of rotatable bonds is 6. The molecule has 0 saturated carbocycles. The summed E-state index contributed by atoms with van der Waals surface area (Å²) in [6, 6.07) is 13.5. The molecule has 0 aromatic heterocycles. The predicted octanol–water partition coefficient (Wildman–Crippen LogP) is 3.00. The van der Waals surface area contributed by atoms with E-state index in [0.29, 0.717) is 5.69 Å². The van der Waals surface area contributed by atoms with E-state index in [-0.39, 0.29) is 24.3 Å². The number of halogens is 1. The van der Waals surface area contributed by atoms with Gasteiger partial charge in [0.2, 0.25) is 11.8 Å². The molecule has 2 amide bonds. The first-order valence-corrected chi connectivity index (χ1v) is 7.47. The van der Waals surface area contributed by atoms with Crippen molar-refractivity contribution in [1.82, 2.24) is 5.43 Å². The molecule has 24 heavy (non-hydrogen) atoms. The Labute approximate surface area is 139 Å². The van der Waals surface area contributed by atoms with Crippen LogP contribution in [0.25, 0.3) is 0 Å². The summed E-state index contributed by atoms with van der Waals surface area (Å²) in [5.41, 5.74) is 4.27. The molecule has 0 heterocycles. The van der Waals surface area contributed by atoms with Crippen molar-refractivity contribution < 1.29 is 14.0 Å². The van der Waals surface area contributed by atoms with Gasteiger partial charge in [0.25, 0.3) is 0 Å². The Hall–Kier alpha value is -3.02. The van der Waals surface area contributed by atoms with E-state index in [9.17, 15) is 14.0 Å². The number of benzene rings is 2. The molecule has 6 heteroatoms. The maximum absolute atomic E-state index is 13.3. The van der Waals surface area contributed by atoms with E-state index < -0.39 is 11.7 Å². The van der Waals surface area contributed by atoms with Gasteiger partial charge in [-0.3, -0.25) is 9.59 Å². The minimum Gasteiger partial charge on any atom is -0.326 e. The van der Waals surface area contributed by atoms with Gasteiger partial charge in [-0.15, -0.1) is 0 Å². The molecule has 0 atom stereocenters. The number of anilines is 1. The summed E-state index contributed by atoms with van der Waals surface area (Å²) >= 11 is 0. The summed E-state index contributed by atoms with van der Waals surface area (Å²) in [6.45, 7) is 1.93. The molecule has 0 unspecified atom stereocenters. The maximum atomic E-state index is 13.3. The lowest BCUT2D eigenvalue weighted by Crippen LogP contribution is -2.20. The Morgan fingerprint density at radius 2 is 1.83 bits per heavy atom. The van der Waals surface area contributed by atoms with Gasteiger partial charge in [0.1, 0.15) is 5.82 Å². The lowest BCUT2D eigenvalue weighted by Gasteiger charge is -2.05. The molecule has 0 aliphatic rings. The van der Waals surface area contributed by atoms with Gasteiger partial charge in [0.05, 0.1) is 6.21 Å². The van der Waals surface area contributed by atoms with Crippen molar-refractivity contribution in [2.45, 2.75) is 19.8 Å². The molecule has 2 aromatic carbocycles. The van der Waals surface area contributed by atoms with Gasteiger partial charge in [-0.05, 0) is 30.7 Å². The van der Waals surface area contributed by atoms with Crippen LogP contribution in [-0.4, -0.2) is 18.0 Å². The van der Waals surface area contributed by atoms with Crippen molar-refractivity contribution in [3.8, 4) is 0 Å². The average molecular weight is 327 g/mol. The lowest BCUT2D eigenvalue weighted by atomic mass is 10.2. The van der Waals surface area contributed by atoms with Crippen molar-refractivity contribution in [3.63, 3.8) is 0 Å². The van der Waals surface area contributed by atoms with Crippen molar-refractivity contribution in [3.05, 3.63) is 65.5 Å². The number of hydrogen-bond donors (Lipinski definition) is 2. The Balaban J connectivity index is 1.75. The van der Waals surface area contributed by atoms with E-state index in [2.05, 4.69) is 15.8 Å². The van der Waals surface area contributed by atoms with Gasteiger partial charge in [0.15, 0.2) is 0 Å². The highest BCUT2D eigenvalue weighted by Crippen LogP contribution is 2.10. The van der Waals surface area contributed by atoms with Crippen LogP contribution in [0.3, 0.4) is 0 Å². The van der Waals surface area contributed by atoms with E-state index in [0.717, 1.165) is 5.56 Å². The van der Waals surface area contributed by atoms with Gasteiger partial charge < -0.3 is 5.32 Å². The second kappa shape index (κ2) is 8.57. The fourth-order valence-corrected chi connectivity index (χ4v) is 1.98. The highest BCUT2D eigenvalue weighted by molar-refractivity contribution is 5.93. The van der Waals surface area contributed by atoms with Crippen LogP contribution in [0.1, 0.15) is 24.0 Å². The van der Waals surface area contributed by atoms with Crippen LogP contribution in [0.5, 0.6) is 0 Å². The molecule has 2 N–H and O–H groups in total. The van der Waals surface area contributed by atoms with Gasteiger partial charge >= 0.3 is 0 Å². The number of carbonyl (C=O) groups excluding carboxylic acids is 2.